The van der Waals surface area contributed by atoms with Crippen molar-refractivity contribution in [2.45, 2.75) is 43.1 Å². The quantitative estimate of drug-likeness (QED) is 0.434. The van der Waals surface area contributed by atoms with E-state index in [0.717, 1.165) is 46.3 Å². The summed E-state index contributed by atoms with van der Waals surface area (Å²) in [6.07, 6.45) is 3.81. The molecule has 2 aromatic carbocycles. The number of aromatic nitrogens is 3. The van der Waals surface area contributed by atoms with Crippen LogP contribution in [0.1, 0.15) is 43.6 Å². The highest BCUT2D eigenvalue weighted by atomic mass is 35.5. The van der Waals surface area contributed by atoms with Crippen LogP contribution in [-0.2, 0) is 5.75 Å². The van der Waals surface area contributed by atoms with Crippen molar-refractivity contribution in [1.82, 2.24) is 19.7 Å². The van der Waals surface area contributed by atoms with Crippen LogP contribution in [0.4, 0.5) is 0 Å². The van der Waals surface area contributed by atoms with Gasteiger partial charge in [0, 0.05) is 16.5 Å². The van der Waals surface area contributed by atoms with E-state index in [1.54, 1.807) is 18.9 Å². The average Bonchev–Trinajstić information content (AvgIpc) is 3.22. The first-order chi connectivity index (χ1) is 14.7. The van der Waals surface area contributed by atoms with Crippen LogP contribution in [0.25, 0.3) is 5.69 Å². The van der Waals surface area contributed by atoms with Gasteiger partial charge in [-0.25, -0.2) is 0 Å². The predicted octanol–water partition coefficient (Wildman–Crippen LogP) is 5.77. The molecule has 4 rings (SSSR count). The molecular weight excluding hydrogens is 416 g/mol. The SMILES string of the molecule is COc1ccc(-n2c(SCc3ccc(Cl)cc3)nnc2[C@H](C)N2CCCCC2)cc1. The van der Waals surface area contributed by atoms with Gasteiger partial charge in [0.2, 0.25) is 0 Å². The van der Waals surface area contributed by atoms with Crippen LogP contribution in [0.2, 0.25) is 5.02 Å². The molecule has 1 aromatic heterocycles. The lowest BCUT2D eigenvalue weighted by molar-refractivity contribution is 0.167. The molecule has 5 nitrogen and oxygen atoms in total. The van der Waals surface area contributed by atoms with Crippen molar-refractivity contribution >= 4 is 23.4 Å². The minimum Gasteiger partial charge on any atom is -0.497 e. The van der Waals surface area contributed by atoms with Crippen molar-refractivity contribution in [2.75, 3.05) is 20.2 Å². The van der Waals surface area contributed by atoms with Gasteiger partial charge < -0.3 is 4.74 Å². The summed E-state index contributed by atoms with van der Waals surface area (Å²) in [7, 11) is 1.69. The van der Waals surface area contributed by atoms with Gasteiger partial charge in [0.25, 0.3) is 0 Å². The molecule has 0 spiro atoms. The van der Waals surface area contributed by atoms with Gasteiger partial charge in [0.1, 0.15) is 5.75 Å². The number of likely N-dealkylation sites (tertiary alicyclic amines) is 1. The van der Waals surface area contributed by atoms with Crippen molar-refractivity contribution in [2.24, 2.45) is 0 Å². The minimum absolute atomic E-state index is 0.213. The monoisotopic (exact) mass is 442 g/mol. The molecule has 0 unspecified atom stereocenters. The molecular formula is C23H27ClN4OS. The highest BCUT2D eigenvalue weighted by molar-refractivity contribution is 7.98. The largest absolute Gasteiger partial charge is 0.497 e. The van der Waals surface area contributed by atoms with Gasteiger partial charge in [-0.2, -0.15) is 0 Å². The molecule has 1 aliphatic heterocycles. The zero-order valence-electron chi connectivity index (χ0n) is 17.4. The molecule has 2 heterocycles. The van der Waals surface area contributed by atoms with Gasteiger partial charge in [-0.3, -0.25) is 9.47 Å². The third-order valence-electron chi connectivity index (χ3n) is 5.58. The molecule has 0 saturated carbocycles. The molecule has 30 heavy (non-hydrogen) atoms. The van der Waals surface area contributed by atoms with E-state index in [4.69, 9.17) is 16.3 Å². The van der Waals surface area contributed by atoms with E-state index in [2.05, 4.69) is 50.9 Å². The van der Waals surface area contributed by atoms with Crippen molar-refractivity contribution in [3.63, 3.8) is 0 Å². The predicted molar refractivity (Wildman–Crippen MR) is 123 cm³/mol. The Hall–Kier alpha value is -2.02. The maximum atomic E-state index is 6.02. The third-order valence-corrected chi connectivity index (χ3v) is 6.83. The summed E-state index contributed by atoms with van der Waals surface area (Å²) < 4.78 is 7.53. The molecule has 158 valence electrons. The number of thioether (sulfide) groups is 1. The smallest absolute Gasteiger partial charge is 0.196 e. The van der Waals surface area contributed by atoms with Crippen LogP contribution in [-0.4, -0.2) is 39.9 Å². The second-order valence-electron chi connectivity index (χ2n) is 7.56. The fourth-order valence-electron chi connectivity index (χ4n) is 3.82. The molecule has 1 aliphatic rings. The number of hydrogen-bond acceptors (Lipinski definition) is 5. The molecule has 1 fully saturated rings. The lowest BCUT2D eigenvalue weighted by Crippen LogP contribution is -2.33. The normalized spacial score (nSPS) is 15.8. The molecule has 1 saturated heterocycles. The summed E-state index contributed by atoms with van der Waals surface area (Å²) >= 11 is 7.71. The number of ether oxygens (including phenoxy) is 1. The molecule has 0 N–H and O–H groups in total. The van der Waals surface area contributed by atoms with E-state index < -0.39 is 0 Å². The van der Waals surface area contributed by atoms with Crippen molar-refractivity contribution < 1.29 is 4.74 Å². The van der Waals surface area contributed by atoms with Crippen LogP contribution in [0, 0.1) is 0 Å². The van der Waals surface area contributed by atoms with E-state index in [1.807, 2.05) is 24.3 Å². The summed E-state index contributed by atoms with van der Waals surface area (Å²) in [6, 6.07) is 16.3. The maximum Gasteiger partial charge on any atom is 0.196 e. The standard InChI is InChI=1S/C23H27ClN4OS/c1-17(27-14-4-3-5-15-27)22-25-26-23(30-16-18-6-8-19(24)9-7-18)28(22)20-10-12-21(29-2)13-11-20/h6-13,17H,3-5,14-16H2,1-2H3/t17-/m0/s1. The lowest BCUT2D eigenvalue weighted by atomic mass is 10.1. The Balaban J connectivity index is 1.64. The van der Waals surface area contributed by atoms with Crippen LogP contribution in [0.5, 0.6) is 5.75 Å². The number of rotatable bonds is 7. The summed E-state index contributed by atoms with van der Waals surface area (Å²) in [5.41, 5.74) is 2.26. The highest BCUT2D eigenvalue weighted by Crippen LogP contribution is 2.31. The summed E-state index contributed by atoms with van der Waals surface area (Å²) in [5, 5.41) is 10.9. The summed E-state index contributed by atoms with van der Waals surface area (Å²) in [4.78, 5) is 2.52. The lowest BCUT2D eigenvalue weighted by Gasteiger charge is -2.31. The van der Waals surface area contributed by atoms with E-state index in [1.165, 1.54) is 24.8 Å². The first-order valence-corrected chi connectivity index (χ1v) is 11.7. The van der Waals surface area contributed by atoms with Crippen molar-refractivity contribution in [3.8, 4) is 11.4 Å². The Morgan fingerprint density at radius 2 is 1.70 bits per heavy atom. The van der Waals surface area contributed by atoms with Crippen LogP contribution >= 0.6 is 23.4 Å². The van der Waals surface area contributed by atoms with Gasteiger partial charge in [-0.1, -0.05) is 41.9 Å². The van der Waals surface area contributed by atoms with Crippen molar-refractivity contribution in [3.05, 3.63) is 64.9 Å². The Labute approximate surface area is 187 Å². The zero-order chi connectivity index (χ0) is 20.9. The summed E-state index contributed by atoms with van der Waals surface area (Å²) in [6.45, 7) is 4.47. The molecule has 0 aliphatic carbocycles. The Morgan fingerprint density at radius 3 is 2.37 bits per heavy atom. The zero-order valence-corrected chi connectivity index (χ0v) is 19.0. The van der Waals surface area contributed by atoms with E-state index in [-0.39, 0.29) is 6.04 Å². The Bertz CT molecular complexity index is 952. The average molecular weight is 443 g/mol. The van der Waals surface area contributed by atoms with E-state index in [0.29, 0.717) is 0 Å². The van der Waals surface area contributed by atoms with E-state index in [9.17, 15) is 0 Å². The number of nitrogens with zero attached hydrogens (tertiary/aromatic N) is 4. The first-order valence-electron chi connectivity index (χ1n) is 10.4. The molecule has 0 bridgehead atoms. The third kappa shape index (κ3) is 4.82. The molecule has 1 atom stereocenters. The number of benzene rings is 2. The second kappa shape index (κ2) is 9.86. The van der Waals surface area contributed by atoms with Crippen LogP contribution in [0.3, 0.4) is 0 Å². The minimum atomic E-state index is 0.213. The van der Waals surface area contributed by atoms with E-state index >= 15 is 0 Å². The Morgan fingerprint density at radius 1 is 1.00 bits per heavy atom. The molecule has 0 amide bonds. The second-order valence-corrected chi connectivity index (χ2v) is 8.94. The number of hydrogen-bond donors (Lipinski definition) is 0. The fourth-order valence-corrected chi connectivity index (χ4v) is 4.86. The Kier molecular flexibility index (Phi) is 6.97. The first kappa shape index (κ1) is 21.2. The van der Waals surface area contributed by atoms with Crippen molar-refractivity contribution in [1.29, 1.82) is 0 Å². The van der Waals surface area contributed by atoms with Gasteiger partial charge in [0.15, 0.2) is 11.0 Å². The maximum absolute atomic E-state index is 6.02. The van der Waals surface area contributed by atoms with Gasteiger partial charge in [0.05, 0.1) is 13.2 Å². The highest BCUT2D eigenvalue weighted by Gasteiger charge is 2.25. The molecule has 0 radical (unpaired) electrons. The van der Waals surface area contributed by atoms with Crippen LogP contribution in [0.15, 0.2) is 53.7 Å². The molecule has 7 heteroatoms. The number of halogens is 1. The van der Waals surface area contributed by atoms with Gasteiger partial charge in [-0.15, -0.1) is 10.2 Å². The van der Waals surface area contributed by atoms with Gasteiger partial charge >= 0.3 is 0 Å². The van der Waals surface area contributed by atoms with Crippen LogP contribution < -0.4 is 4.74 Å². The topological polar surface area (TPSA) is 43.2 Å². The fraction of sp³-hybridized carbons (Fsp3) is 0.391. The summed E-state index contributed by atoms with van der Waals surface area (Å²) in [5.74, 6) is 2.64. The van der Waals surface area contributed by atoms with Gasteiger partial charge in [-0.05, 0) is 74.8 Å². The molecule has 3 aromatic rings. The number of methoxy groups -OCH3 is 1. The number of piperidine rings is 1.